The monoisotopic (exact) mass is 252 g/mol. The molecule has 0 N–H and O–H groups in total. The molecule has 0 aliphatic carbocycles. The molecule has 2 aromatic rings. The maximum atomic E-state index is 12.4. The van der Waals surface area contributed by atoms with Gasteiger partial charge in [0.15, 0.2) is 5.16 Å². The van der Waals surface area contributed by atoms with Gasteiger partial charge >= 0.3 is 0 Å². The second kappa shape index (κ2) is 3.34. The molecule has 3 nitrogen and oxygen atoms in total. The highest BCUT2D eigenvalue weighted by atomic mass is 32.2. The van der Waals surface area contributed by atoms with Crippen molar-refractivity contribution in [3.05, 3.63) is 20.8 Å². The van der Waals surface area contributed by atoms with Crippen LogP contribution in [0.2, 0.25) is 0 Å². The van der Waals surface area contributed by atoms with Crippen molar-refractivity contribution in [2.75, 3.05) is 5.75 Å². The first kappa shape index (κ1) is 10.4. The predicted molar refractivity (Wildman–Crippen MR) is 68.8 cm³/mol. The maximum absolute atomic E-state index is 12.4. The molecule has 0 amide bonds. The smallest absolute Gasteiger partial charge is 0.263 e. The van der Waals surface area contributed by atoms with Crippen LogP contribution in [-0.2, 0) is 0 Å². The maximum Gasteiger partial charge on any atom is 0.263 e. The van der Waals surface area contributed by atoms with Gasteiger partial charge in [0.25, 0.3) is 5.56 Å². The minimum absolute atomic E-state index is 0.138. The summed E-state index contributed by atoms with van der Waals surface area (Å²) in [6.45, 7) is 6.14. The van der Waals surface area contributed by atoms with Crippen molar-refractivity contribution in [3.63, 3.8) is 0 Å². The third-order valence-electron chi connectivity index (χ3n) is 3.10. The average Bonchev–Trinajstić information content (AvgIpc) is 2.71. The van der Waals surface area contributed by atoms with E-state index in [4.69, 9.17) is 0 Å². The fourth-order valence-corrected chi connectivity index (χ4v) is 4.22. The lowest BCUT2D eigenvalue weighted by molar-refractivity contribution is 0.551. The van der Waals surface area contributed by atoms with Gasteiger partial charge in [0.05, 0.1) is 5.39 Å². The van der Waals surface area contributed by atoms with Crippen LogP contribution in [0.1, 0.15) is 23.4 Å². The molecule has 16 heavy (non-hydrogen) atoms. The number of thioether (sulfide) groups is 1. The molecule has 0 bridgehead atoms. The molecule has 1 aliphatic rings. The molecule has 0 radical (unpaired) electrons. The molecule has 5 heteroatoms. The van der Waals surface area contributed by atoms with E-state index in [1.165, 1.54) is 4.88 Å². The summed E-state index contributed by atoms with van der Waals surface area (Å²) in [5.74, 6) is 0.956. The first-order chi connectivity index (χ1) is 7.59. The molecule has 3 heterocycles. The largest absolute Gasteiger partial charge is 0.283 e. The minimum atomic E-state index is 0.138. The van der Waals surface area contributed by atoms with Gasteiger partial charge in [-0.3, -0.25) is 9.36 Å². The molecule has 0 fully saturated rings. The van der Waals surface area contributed by atoms with E-state index >= 15 is 0 Å². The van der Waals surface area contributed by atoms with Gasteiger partial charge in [-0.25, -0.2) is 4.98 Å². The summed E-state index contributed by atoms with van der Waals surface area (Å²) in [4.78, 5) is 19.1. The highest BCUT2D eigenvalue weighted by Crippen LogP contribution is 2.34. The van der Waals surface area contributed by atoms with E-state index in [0.717, 1.165) is 26.7 Å². The number of hydrogen-bond acceptors (Lipinski definition) is 4. The summed E-state index contributed by atoms with van der Waals surface area (Å²) in [5.41, 5.74) is 1.23. The quantitative estimate of drug-likeness (QED) is 0.676. The fraction of sp³-hybridized carbons (Fsp3) is 0.455. The van der Waals surface area contributed by atoms with Crippen molar-refractivity contribution in [2.24, 2.45) is 0 Å². The first-order valence-electron chi connectivity index (χ1n) is 5.24. The Morgan fingerprint density at radius 1 is 1.44 bits per heavy atom. The van der Waals surface area contributed by atoms with Crippen LogP contribution in [0.15, 0.2) is 9.95 Å². The van der Waals surface area contributed by atoms with E-state index in [0.29, 0.717) is 0 Å². The molecule has 0 unspecified atom stereocenters. The summed E-state index contributed by atoms with van der Waals surface area (Å²) in [5, 5.41) is 1.70. The van der Waals surface area contributed by atoms with Crippen molar-refractivity contribution in [3.8, 4) is 0 Å². The Morgan fingerprint density at radius 2 is 2.19 bits per heavy atom. The number of rotatable bonds is 0. The molecular weight excluding hydrogens is 240 g/mol. The average molecular weight is 252 g/mol. The van der Waals surface area contributed by atoms with Crippen LogP contribution in [-0.4, -0.2) is 15.3 Å². The zero-order chi connectivity index (χ0) is 11.4. The number of fused-ring (bicyclic) bond motifs is 2. The third kappa shape index (κ3) is 1.21. The topological polar surface area (TPSA) is 34.9 Å². The molecule has 0 aromatic carbocycles. The molecule has 2 aromatic heterocycles. The van der Waals surface area contributed by atoms with E-state index in [9.17, 15) is 4.79 Å². The van der Waals surface area contributed by atoms with Gasteiger partial charge < -0.3 is 0 Å². The van der Waals surface area contributed by atoms with Gasteiger partial charge in [-0.1, -0.05) is 11.8 Å². The number of nitrogens with zero attached hydrogens (tertiary/aromatic N) is 2. The lowest BCUT2D eigenvalue weighted by Gasteiger charge is -2.06. The second-order valence-corrected chi connectivity index (χ2v) is 6.38. The van der Waals surface area contributed by atoms with Crippen molar-refractivity contribution in [1.29, 1.82) is 0 Å². The van der Waals surface area contributed by atoms with Gasteiger partial charge in [-0.15, -0.1) is 11.3 Å². The highest BCUT2D eigenvalue weighted by Gasteiger charge is 2.24. The van der Waals surface area contributed by atoms with Crippen molar-refractivity contribution >= 4 is 33.3 Å². The zero-order valence-corrected chi connectivity index (χ0v) is 11.0. The molecule has 1 aliphatic heterocycles. The Morgan fingerprint density at radius 3 is 2.94 bits per heavy atom. The number of hydrogen-bond donors (Lipinski definition) is 0. The molecule has 3 rings (SSSR count). The SMILES string of the molecule is Cc1sc2nc3n(c(=O)c2c1C)[C@@H](C)CS3. The van der Waals surface area contributed by atoms with Crippen LogP contribution in [0, 0.1) is 13.8 Å². The van der Waals surface area contributed by atoms with E-state index in [-0.39, 0.29) is 11.6 Å². The Kier molecular flexibility index (Phi) is 2.16. The number of aryl methyl sites for hydroxylation is 2. The summed E-state index contributed by atoms with van der Waals surface area (Å²) >= 11 is 3.30. The van der Waals surface area contributed by atoms with Crippen molar-refractivity contribution < 1.29 is 0 Å². The van der Waals surface area contributed by atoms with Gasteiger partial charge in [0, 0.05) is 16.7 Å². The number of aromatic nitrogens is 2. The van der Waals surface area contributed by atoms with E-state index in [1.54, 1.807) is 23.1 Å². The Hall–Kier alpha value is -0.810. The van der Waals surface area contributed by atoms with E-state index in [2.05, 4.69) is 11.9 Å². The lowest BCUT2D eigenvalue weighted by Crippen LogP contribution is -2.22. The van der Waals surface area contributed by atoms with Crippen LogP contribution < -0.4 is 5.56 Å². The van der Waals surface area contributed by atoms with Crippen LogP contribution in [0.4, 0.5) is 0 Å². The van der Waals surface area contributed by atoms with Crippen LogP contribution in [0.25, 0.3) is 10.2 Å². The third-order valence-corrected chi connectivity index (χ3v) is 5.39. The summed E-state index contributed by atoms with van der Waals surface area (Å²) in [6, 6.07) is 0.268. The summed E-state index contributed by atoms with van der Waals surface area (Å²) in [7, 11) is 0. The van der Waals surface area contributed by atoms with Crippen molar-refractivity contribution in [1.82, 2.24) is 9.55 Å². The number of thiophene rings is 1. The minimum Gasteiger partial charge on any atom is -0.283 e. The Bertz CT molecular complexity index is 641. The van der Waals surface area contributed by atoms with Gasteiger partial charge in [-0.05, 0) is 26.3 Å². The van der Waals surface area contributed by atoms with Crippen LogP contribution in [0.3, 0.4) is 0 Å². The van der Waals surface area contributed by atoms with Crippen LogP contribution >= 0.6 is 23.1 Å². The van der Waals surface area contributed by atoms with E-state index in [1.807, 2.05) is 18.4 Å². The second-order valence-electron chi connectivity index (χ2n) is 4.19. The van der Waals surface area contributed by atoms with Gasteiger partial charge in [0.1, 0.15) is 4.83 Å². The standard InChI is InChI=1S/C11H12N2OS2/c1-5-4-15-11-12-9-8(10(14)13(5)11)6(2)7(3)16-9/h5H,4H2,1-3H3/t5-/m0/s1. The first-order valence-corrected chi connectivity index (χ1v) is 7.05. The summed E-state index contributed by atoms with van der Waals surface area (Å²) < 4.78 is 1.84. The Labute approximate surface area is 102 Å². The van der Waals surface area contributed by atoms with Crippen molar-refractivity contribution in [2.45, 2.75) is 32.0 Å². The molecular formula is C11H12N2OS2. The molecule has 0 spiro atoms. The van der Waals surface area contributed by atoms with Gasteiger partial charge in [0.2, 0.25) is 0 Å². The lowest BCUT2D eigenvalue weighted by atomic mass is 10.2. The zero-order valence-electron chi connectivity index (χ0n) is 9.40. The highest BCUT2D eigenvalue weighted by molar-refractivity contribution is 7.99. The Balaban J connectivity index is 2.49. The summed E-state index contributed by atoms with van der Waals surface area (Å²) in [6.07, 6.45) is 0. The molecule has 1 atom stereocenters. The predicted octanol–water partition coefficient (Wildman–Crippen LogP) is 2.74. The fourth-order valence-electron chi connectivity index (χ4n) is 2.05. The van der Waals surface area contributed by atoms with E-state index < -0.39 is 0 Å². The normalized spacial score (nSPS) is 19.3. The molecule has 0 saturated carbocycles. The molecule has 84 valence electrons. The van der Waals surface area contributed by atoms with Crippen LogP contribution in [0.5, 0.6) is 0 Å². The molecule has 0 saturated heterocycles. The van der Waals surface area contributed by atoms with Gasteiger partial charge in [-0.2, -0.15) is 0 Å².